The maximum absolute atomic E-state index is 14.0. The quantitative estimate of drug-likeness (QED) is 0.816. The van der Waals surface area contributed by atoms with E-state index in [0.717, 1.165) is 6.42 Å². The minimum atomic E-state index is -0.534. The molecule has 1 fully saturated rings. The molecular weight excluding hydrogens is 263 g/mol. The van der Waals surface area contributed by atoms with E-state index in [1.165, 1.54) is 17.8 Å². The summed E-state index contributed by atoms with van der Waals surface area (Å²) in [6.45, 7) is 2.67. The predicted molar refractivity (Wildman–Crippen MR) is 69.9 cm³/mol. The van der Waals surface area contributed by atoms with Crippen molar-refractivity contribution in [3.63, 3.8) is 0 Å². The third kappa shape index (κ3) is 2.46. The summed E-state index contributed by atoms with van der Waals surface area (Å²) in [6.07, 6.45) is 0.974. The molecule has 17 heavy (non-hydrogen) atoms. The third-order valence-corrected chi connectivity index (χ3v) is 4.75. The number of halogens is 2. The van der Waals surface area contributed by atoms with Gasteiger partial charge >= 0.3 is 0 Å². The van der Waals surface area contributed by atoms with Gasteiger partial charge in [-0.3, -0.25) is 0 Å². The first-order chi connectivity index (χ1) is 8.00. The van der Waals surface area contributed by atoms with Crippen LogP contribution in [0.5, 0.6) is 0 Å². The van der Waals surface area contributed by atoms with Crippen LogP contribution in [-0.2, 0) is 4.74 Å². The number of hydrogen-bond acceptors (Lipinski definition) is 4. The molecule has 0 bridgehead atoms. The van der Waals surface area contributed by atoms with Crippen LogP contribution >= 0.6 is 23.4 Å². The van der Waals surface area contributed by atoms with Crippen LogP contribution in [-0.4, -0.2) is 18.0 Å². The van der Waals surface area contributed by atoms with Gasteiger partial charge in [-0.25, -0.2) is 4.39 Å². The molecular formula is C11H14ClFN2OS. The van der Waals surface area contributed by atoms with Crippen LogP contribution < -0.4 is 11.5 Å². The molecule has 1 aliphatic rings. The Morgan fingerprint density at radius 1 is 1.47 bits per heavy atom. The zero-order chi connectivity index (χ0) is 12.6. The van der Waals surface area contributed by atoms with Crippen LogP contribution in [0.25, 0.3) is 0 Å². The lowest BCUT2D eigenvalue weighted by molar-refractivity contribution is 0.127. The summed E-state index contributed by atoms with van der Waals surface area (Å²) in [5.41, 5.74) is 11.8. The number of nitrogens with two attached hydrogens (primary N) is 2. The Kier molecular flexibility index (Phi) is 3.70. The second-order valence-electron chi connectivity index (χ2n) is 4.03. The van der Waals surface area contributed by atoms with E-state index in [0.29, 0.717) is 17.2 Å². The van der Waals surface area contributed by atoms with E-state index in [9.17, 15) is 4.39 Å². The zero-order valence-corrected chi connectivity index (χ0v) is 10.9. The van der Waals surface area contributed by atoms with Gasteiger partial charge in [-0.15, -0.1) is 11.8 Å². The van der Waals surface area contributed by atoms with Gasteiger partial charge in [-0.1, -0.05) is 11.6 Å². The average molecular weight is 277 g/mol. The van der Waals surface area contributed by atoms with Crippen molar-refractivity contribution >= 4 is 34.7 Å². The molecule has 2 unspecified atom stereocenters. The van der Waals surface area contributed by atoms with Gasteiger partial charge in [0.15, 0.2) is 5.82 Å². The van der Waals surface area contributed by atoms with Gasteiger partial charge in [-0.05, 0) is 19.4 Å². The van der Waals surface area contributed by atoms with Crippen LogP contribution in [0.3, 0.4) is 0 Å². The van der Waals surface area contributed by atoms with Gasteiger partial charge in [0, 0.05) is 11.9 Å². The van der Waals surface area contributed by atoms with E-state index in [2.05, 4.69) is 0 Å². The maximum atomic E-state index is 14.0. The molecule has 0 aliphatic carbocycles. The summed E-state index contributed by atoms with van der Waals surface area (Å²) in [5, 5.41) is 0.139. The lowest BCUT2D eigenvalue weighted by Crippen LogP contribution is -2.14. The third-order valence-electron chi connectivity index (χ3n) is 2.79. The van der Waals surface area contributed by atoms with Gasteiger partial charge in [0.05, 0.1) is 22.4 Å². The molecule has 1 aromatic rings. The smallest absolute Gasteiger partial charge is 0.159 e. The largest absolute Gasteiger partial charge is 0.398 e. The average Bonchev–Trinajstić information content (AvgIpc) is 2.67. The lowest BCUT2D eigenvalue weighted by Gasteiger charge is -2.16. The molecule has 2 atom stereocenters. The molecule has 0 saturated carbocycles. The van der Waals surface area contributed by atoms with Crippen molar-refractivity contribution in [1.29, 1.82) is 0 Å². The van der Waals surface area contributed by atoms with Gasteiger partial charge in [0.1, 0.15) is 5.02 Å². The van der Waals surface area contributed by atoms with Crippen molar-refractivity contribution in [1.82, 2.24) is 0 Å². The highest BCUT2D eigenvalue weighted by Crippen LogP contribution is 2.41. The second kappa shape index (κ2) is 4.92. The lowest BCUT2D eigenvalue weighted by atomic mass is 10.2. The summed E-state index contributed by atoms with van der Waals surface area (Å²) in [6, 6.07) is 1.49. The molecule has 1 heterocycles. The molecule has 2 rings (SSSR count). The fraction of sp³-hybridized carbons (Fsp3) is 0.455. The van der Waals surface area contributed by atoms with Crippen molar-refractivity contribution in [3.05, 3.63) is 16.9 Å². The van der Waals surface area contributed by atoms with Crippen LogP contribution in [0.15, 0.2) is 11.0 Å². The Bertz CT molecular complexity index is 444. The maximum Gasteiger partial charge on any atom is 0.159 e. The highest BCUT2D eigenvalue weighted by molar-refractivity contribution is 8.00. The van der Waals surface area contributed by atoms with Crippen molar-refractivity contribution in [2.45, 2.75) is 29.6 Å². The van der Waals surface area contributed by atoms with Crippen molar-refractivity contribution in [2.75, 3.05) is 18.1 Å². The molecule has 3 nitrogen and oxygen atoms in total. The van der Waals surface area contributed by atoms with Crippen LogP contribution in [0, 0.1) is 5.82 Å². The van der Waals surface area contributed by atoms with Gasteiger partial charge < -0.3 is 16.2 Å². The molecule has 0 aromatic heterocycles. The van der Waals surface area contributed by atoms with Gasteiger partial charge in [-0.2, -0.15) is 0 Å². The first kappa shape index (κ1) is 12.8. The fourth-order valence-electron chi connectivity index (χ4n) is 1.79. The number of ether oxygens (including phenoxy) is 1. The number of thioether (sulfide) groups is 1. The predicted octanol–water partition coefficient (Wildman–Crippen LogP) is 2.91. The molecule has 4 N–H and O–H groups in total. The Morgan fingerprint density at radius 3 is 2.76 bits per heavy atom. The van der Waals surface area contributed by atoms with E-state index < -0.39 is 5.82 Å². The summed E-state index contributed by atoms with van der Waals surface area (Å²) in [5.74, 6) is -0.534. The minimum absolute atomic E-state index is 0.0618. The molecule has 0 amide bonds. The summed E-state index contributed by atoms with van der Waals surface area (Å²) in [4.78, 5) is 0.367. The van der Waals surface area contributed by atoms with Gasteiger partial charge in [0.2, 0.25) is 0 Å². The zero-order valence-electron chi connectivity index (χ0n) is 9.37. The molecule has 1 aliphatic heterocycles. The Morgan fingerprint density at radius 2 is 2.18 bits per heavy atom. The standard InChI is InChI=1S/C11H14ClFN2OS/c1-5-8(2-3-16-5)17-11-7(15)4-6(14)9(12)10(11)13/h4-5,8H,2-3,14-15H2,1H3. The monoisotopic (exact) mass is 276 g/mol. The molecule has 0 spiro atoms. The molecule has 1 aromatic carbocycles. The molecule has 6 heteroatoms. The number of rotatable bonds is 2. The Labute approximate surface area is 109 Å². The first-order valence-electron chi connectivity index (χ1n) is 5.32. The van der Waals surface area contributed by atoms with Gasteiger partial charge in [0.25, 0.3) is 0 Å². The molecule has 0 radical (unpaired) electrons. The summed E-state index contributed by atoms with van der Waals surface area (Å²) in [7, 11) is 0. The highest BCUT2D eigenvalue weighted by atomic mass is 35.5. The molecule has 1 saturated heterocycles. The highest BCUT2D eigenvalue weighted by Gasteiger charge is 2.27. The minimum Gasteiger partial charge on any atom is -0.398 e. The summed E-state index contributed by atoms with van der Waals surface area (Å²) >= 11 is 7.15. The van der Waals surface area contributed by atoms with Crippen molar-refractivity contribution in [3.8, 4) is 0 Å². The van der Waals surface area contributed by atoms with Crippen LogP contribution in [0.1, 0.15) is 13.3 Å². The van der Waals surface area contributed by atoms with Crippen molar-refractivity contribution in [2.24, 2.45) is 0 Å². The summed E-state index contributed by atoms with van der Waals surface area (Å²) < 4.78 is 19.4. The van der Waals surface area contributed by atoms with E-state index in [4.69, 9.17) is 27.8 Å². The van der Waals surface area contributed by atoms with Crippen molar-refractivity contribution < 1.29 is 9.13 Å². The van der Waals surface area contributed by atoms with E-state index >= 15 is 0 Å². The van der Waals surface area contributed by atoms with E-state index in [1.807, 2.05) is 6.92 Å². The van der Waals surface area contributed by atoms with E-state index in [-0.39, 0.29) is 22.1 Å². The van der Waals surface area contributed by atoms with Crippen LogP contribution in [0.4, 0.5) is 15.8 Å². The first-order valence-corrected chi connectivity index (χ1v) is 6.57. The SMILES string of the molecule is CC1OCCC1Sc1c(N)cc(N)c(Cl)c1F. The number of nitrogen functional groups attached to an aromatic ring is 2. The Hall–Kier alpha value is -0.650. The molecule has 94 valence electrons. The normalized spacial score (nSPS) is 24.2. The number of benzene rings is 1. The van der Waals surface area contributed by atoms with E-state index in [1.54, 1.807) is 0 Å². The fourth-order valence-corrected chi connectivity index (χ4v) is 3.18. The second-order valence-corrected chi connectivity index (χ2v) is 5.66. The number of hydrogen-bond donors (Lipinski definition) is 2. The Balaban J connectivity index is 2.29. The topological polar surface area (TPSA) is 61.3 Å². The van der Waals surface area contributed by atoms with Crippen LogP contribution in [0.2, 0.25) is 5.02 Å². The number of anilines is 2.